The van der Waals surface area contributed by atoms with Crippen LogP contribution in [-0.4, -0.2) is 31.5 Å². The molecule has 2 unspecified atom stereocenters. The van der Waals surface area contributed by atoms with Crippen LogP contribution in [0.25, 0.3) is 0 Å². The van der Waals surface area contributed by atoms with Crippen LogP contribution in [0.15, 0.2) is 53.7 Å². The highest BCUT2D eigenvalue weighted by Gasteiger charge is 2.39. The maximum atomic E-state index is 13.5. The molecule has 1 N–H and O–H groups in total. The molecule has 0 aromatic heterocycles. The summed E-state index contributed by atoms with van der Waals surface area (Å²) in [6.45, 7) is 8.79. The quantitative estimate of drug-likeness (QED) is 0.542. The zero-order chi connectivity index (χ0) is 25.1. The highest BCUT2D eigenvalue weighted by Crippen LogP contribution is 2.47. The normalized spacial score (nSPS) is 20.1. The molecule has 2 atom stereocenters. The number of Topliss-reactive ketones (excluding diaryl/α,β-unsaturated/α-hetero) is 1. The van der Waals surface area contributed by atoms with Gasteiger partial charge in [-0.05, 0) is 55.9 Å². The van der Waals surface area contributed by atoms with E-state index in [1.54, 1.807) is 7.11 Å². The Bertz CT molecular complexity index is 1120. The molecule has 0 bridgehead atoms. The fourth-order valence-electron chi connectivity index (χ4n) is 4.89. The van der Waals surface area contributed by atoms with Crippen molar-refractivity contribution in [1.82, 2.24) is 5.32 Å². The van der Waals surface area contributed by atoms with Crippen molar-refractivity contribution in [1.29, 1.82) is 0 Å². The van der Waals surface area contributed by atoms with Crippen LogP contribution < -0.4 is 19.5 Å². The van der Waals surface area contributed by atoms with Crippen LogP contribution >= 0.6 is 0 Å². The smallest absolute Gasteiger partial charge is 0.225 e. The van der Waals surface area contributed by atoms with Crippen LogP contribution in [-0.2, 0) is 9.59 Å². The summed E-state index contributed by atoms with van der Waals surface area (Å²) in [6.07, 6.45) is 1.15. The number of ketones is 1. The minimum atomic E-state index is -0.358. The molecule has 1 aliphatic carbocycles. The van der Waals surface area contributed by atoms with Crippen LogP contribution in [0.5, 0.6) is 17.2 Å². The molecule has 186 valence electrons. The number of carbonyl (C=O) groups is 2. The van der Waals surface area contributed by atoms with Crippen molar-refractivity contribution < 1.29 is 23.8 Å². The van der Waals surface area contributed by atoms with E-state index in [1.807, 2.05) is 56.3 Å². The summed E-state index contributed by atoms with van der Waals surface area (Å²) in [7, 11) is 1.60. The molecule has 0 spiro atoms. The first-order valence-electron chi connectivity index (χ1n) is 12.4. The van der Waals surface area contributed by atoms with Gasteiger partial charge in [0.2, 0.25) is 5.91 Å². The average Bonchev–Trinajstić information content (AvgIpc) is 2.82. The van der Waals surface area contributed by atoms with Gasteiger partial charge in [0.1, 0.15) is 5.75 Å². The van der Waals surface area contributed by atoms with E-state index in [0.29, 0.717) is 42.4 Å². The van der Waals surface area contributed by atoms with Gasteiger partial charge in [-0.1, -0.05) is 38.1 Å². The molecular weight excluding hydrogens is 442 g/mol. The van der Waals surface area contributed by atoms with Crippen molar-refractivity contribution in [3.8, 4) is 17.2 Å². The fraction of sp³-hybridized carbons (Fsp3) is 0.448. The first kappa shape index (κ1) is 24.8. The summed E-state index contributed by atoms with van der Waals surface area (Å²) in [4.78, 5) is 26.3. The molecule has 35 heavy (non-hydrogen) atoms. The third-order valence-electron chi connectivity index (χ3n) is 6.43. The summed E-state index contributed by atoms with van der Waals surface area (Å²) < 4.78 is 17.4. The Morgan fingerprint density at radius 1 is 0.971 bits per heavy atom. The summed E-state index contributed by atoms with van der Waals surface area (Å²) in [5, 5.41) is 3.00. The Balaban J connectivity index is 1.64. The van der Waals surface area contributed by atoms with Crippen LogP contribution in [0.3, 0.4) is 0 Å². The molecule has 6 nitrogen and oxygen atoms in total. The Hall–Kier alpha value is -3.28. The Morgan fingerprint density at radius 3 is 2.37 bits per heavy atom. The van der Waals surface area contributed by atoms with Crippen molar-refractivity contribution in [2.75, 3.05) is 13.7 Å². The Morgan fingerprint density at radius 2 is 1.71 bits per heavy atom. The highest BCUT2D eigenvalue weighted by atomic mass is 16.5. The van der Waals surface area contributed by atoms with Crippen molar-refractivity contribution in [3.05, 3.63) is 64.9 Å². The first-order valence-corrected chi connectivity index (χ1v) is 12.4. The molecule has 2 aromatic rings. The van der Waals surface area contributed by atoms with Gasteiger partial charge in [-0.15, -0.1) is 0 Å². The molecule has 0 fully saturated rings. The van der Waals surface area contributed by atoms with Gasteiger partial charge in [-0.2, -0.15) is 0 Å². The molecule has 1 aliphatic heterocycles. The number of rotatable bonds is 8. The number of ether oxygens (including phenoxy) is 3. The molecule has 1 amide bonds. The number of carbonyl (C=O) groups excluding carboxylic acids is 2. The van der Waals surface area contributed by atoms with Crippen molar-refractivity contribution in [2.24, 2.45) is 5.92 Å². The Labute approximate surface area is 207 Å². The molecular formula is C29H35NO5. The molecule has 6 heteroatoms. The maximum Gasteiger partial charge on any atom is 0.225 e. The zero-order valence-electron chi connectivity index (χ0n) is 21.2. The predicted octanol–water partition coefficient (Wildman–Crippen LogP) is 5.52. The van der Waals surface area contributed by atoms with Gasteiger partial charge in [-0.3, -0.25) is 9.59 Å². The van der Waals surface area contributed by atoms with Crippen molar-refractivity contribution in [3.63, 3.8) is 0 Å². The lowest BCUT2D eigenvalue weighted by Gasteiger charge is -2.35. The molecule has 0 saturated carbocycles. The largest absolute Gasteiger partial charge is 0.493 e. The van der Waals surface area contributed by atoms with Crippen molar-refractivity contribution in [2.45, 2.75) is 64.9 Å². The van der Waals surface area contributed by atoms with E-state index < -0.39 is 0 Å². The number of methoxy groups -OCH3 is 1. The van der Waals surface area contributed by atoms with E-state index in [1.165, 1.54) is 0 Å². The lowest BCUT2D eigenvalue weighted by atomic mass is 9.73. The van der Waals surface area contributed by atoms with E-state index in [9.17, 15) is 9.59 Å². The number of allylic oxidation sites excluding steroid dienone is 2. The number of para-hydroxylation sites is 1. The minimum absolute atomic E-state index is 0.0103. The lowest BCUT2D eigenvalue weighted by molar-refractivity contribution is -0.122. The number of amides is 1. The second kappa shape index (κ2) is 10.5. The second-order valence-electron chi connectivity index (χ2n) is 10.0. The fourth-order valence-corrected chi connectivity index (χ4v) is 4.89. The van der Waals surface area contributed by atoms with Gasteiger partial charge in [0.15, 0.2) is 17.3 Å². The van der Waals surface area contributed by atoms with Crippen LogP contribution in [0.2, 0.25) is 0 Å². The van der Waals surface area contributed by atoms with Gasteiger partial charge in [0.05, 0.1) is 19.8 Å². The van der Waals surface area contributed by atoms with Gasteiger partial charge >= 0.3 is 0 Å². The summed E-state index contributed by atoms with van der Waals surface area (Å²) in [5.41, 5.74) is 3.31. The van der Waals surface area contributed by atoms with Gasteiger partial charge in [0.25, 0.3) is 0 Å². The van der Waals surface area contributed by atoms with E-state index in [-0.39, 0.29) is 36.1 Å². The predicted molar refractivity (Wildman–Crippen MR) is 135 cm³/mol. The number of nitrogens with one attached hydrogen (secondary N) is 1. The van der Waals surface area contributed by atoms with Gasteiger partial charge in [-0.25, -0.2) is 0 Å². The monoisotopic (exact) mass is 477 g/mol. The van der Waals surface area contributed by atoms with Crippen LogP contribution in [0, 0.1) is 5.92 Å². The molecule has 0 saturated heterocycles. The topological polar surface area (TPSA) is 73.9 Å². The van der Waals surface area contributed by atoms with E-state index in [4.69, 9.17) is 14.2 Å². The van der Waals surface area contributed by atoms with E-state index in [0.717, 1.165) is 22.6 Å². The Kier molecular flexibility index (Phi) is 7.48. The van der Waals surface area contributed by atoms with E-state index >= 15 is 0 Å². The third-order valence-corrected chi connectivity index (χ3v) is 6.43. The number of benzene rings is 2. The second-order valence-corrected chi connectivity index (χ2v) is 10.0. The van der Waals surface area contributed by atoms with Crippen LogP contribution in [0.1, 0.15) is 69.9 Å². The van der Waals surface area contributed by atoms with Crippen LogP contribution in [0.4, 0.5) is 0 Å². The van der Waals surface area contributed by atoms with Gasteiger partial charge in [0, 0.05) is 35.6 Å². The zero-order valence-corrected chi connectivity index (χ0v) is 21.2. The van der Waals surface area contributed by atoms with E-state index in [2.05, 4.69) is 19.2 Å². The lowest BCUT2D eigenvalue weighted by Crippen LogP contribution is -2.38. The molecule has 0 radical (unpaired) electrons. The minimum Gasteiger partial charge on any atom is -0.493 e. The average molecular weight is 478 g/mol. The highest BCUT2D eigenvalue weighted by molar-refractivity contribution is 6.02. The summed E-state index contributed by atoms with van der Waals surface area (Å²) in [6, 6.07) is 13.6. The molecule has 4 rings (SSSR count). The SMILES string of the molecule is COc1cccc(C2CC(=O)NC3=C2C(=O)CC(c2ccc(OCC(C)C)cc2)C3)c1OC(C)C. The number of hydrogen-bond acceptors (Lipinski definition) is 5. The standard InChI is InChI=1S/C29H35NO5/c1-17(2)16-34-21-11-9-19(10-12-21)20-13-24-28(25(31)14-20)23(15-27(32)30-24)22-7-6-8-26(33-5)29(22)35-18(3)4/h6-12,17-18,20,23H,13-16H2,1-5H3,(H,30,32). The number of hydrogen-bond donors (Lipinski definition) is 1. The van der Waals surface area contributed by atoms with Crippen molar-refractivity contribution >= 4 is 11.7 Å². The molecule has 2 aromatic carbocycles. The molecule has 2 aliphatic rings. The first-order chi connectivity index (χ1) is 16.8. The maximum absolute atomic E-state index is 13.5. The summed E-state index contributed by atoms with van der Waals surface area (Å²) in [5.74, 6) is 2.12. The summed E-state index contributed by atoms with van der Waals surface area (Å²) >= 11 is 0. The molecule has 1 heterocycles. The van der Waals surface area contributed by atoms with Gasteiger partial charge < -0.3 is 19.5 Å². The third kappa shape index (κ3) is 5.53.